The summed E-state index contributed by atoms with van der Waals surface area (Å²) >= 11 is 0. The van der Waals surface area contributed by atoms with E-state index in [0.717, 1.165) is 31.2 Å². The number of methoxy groups -OCH3 is 1. The Hall–Kier alpha value is -2.57. The molecule has 0 saturated carbocycles. The molecule has 1 aliphatic heterocycles. The fourth-order valence-corrected chi connectivity index (χ4v) is 3.23. The number of likely N-dealkylation sites (tertiary alicyclic amines) is 1. The Balaban J connectivity index is 1.90. The summed E-state index contributed by atoms with van der Waals surface area (Å²) in [6.45, 7) is 0.573. The Morgan fingerprint density at radius 1 is 1.22 bits per heavy atom. The van der Waals surface area contributed by atoms with Gasteiger partial charge in [-0.3, -0.25) is 14.4 Å². The zero-order valence-electron chi connectivity index (χ0n) is 15.8. The van der Waals surface area contributed by atoms with Gasteiger partial charge in [-0.1, -0.05) is 31.0 Å². The van der Waals surface area contributed by atoms with E-state index in [2.05, 4.69) is 5.32 Å². The molecule has 1 fully saturated rings. The molecule has 7 nitrogen and oxygen atoms in total. The Labute approximate surface area is 159 Å². The molecular formula is C20H28N2O5. The van der Waals surface area contributed by atoms with E-state index in [-0.39, 0.29) is 31.3 Å². The molecule has 1 saturated heterocycles. The summed E-state index contributed by atoms with van der Waals surface area (Å²) in [6, 6.07) is 7.24. The van der Waals surface area contributed by atoms with Gasteiger partial charge in [0, 0.05) is 19.5 Å². The maximum Gasteiger partial charge on any atom is 0.308 e. The third-order valence-corrected chi connectivity index (χ3v) is 4.81. The molecule has 0 bridgehead atoms. The predicted octanol–water partition coefficient (Wildman–Crippen LogP) is 1.85. The van der Waals surface area contributed by atoms with Crippen LogP contribution in [0, 0.1) is 5.92 Å². The first-order valence-corrected chi connectivity index (χ1v) is 9.40. The standard InChI is InChI=1S/C20H28N2O5/c1-27-17-9-6-5-8-15(17)12-16(20(25)26)13-21-18(23)14-22-11-7-3-2-4-10-19(22)24/h5-6,8-9,16H,2-4,7,10-14H2,1H3,(H,21,23)(H,25,26). The second-order valence-corrected chi connectivity index (χ2v) is 6.83. The SMILES string of the molecule is COc1ccccc1CC(CNC(=O)CN1CCCCCCC1=O)C(=O)O. The van der Waals surface area contributed by atoms with Crippen molar-refractivity contribution in [3.05, 3.63) is 29.8 Å². The number of aliphatic carboxylic acids is 1. The Kier molecular flexibility index (Phi) is 8.10. The lowest BCUT2D eigenvalue weighted by atomic mass is 9.98. The summed E-state index contributed by atoms with van der Waals surface area (Å²) < 4.78 is 5.26. The largest absolute Gasteiger partial charge is 0.496 e. The first-order chi connectivity index (χ1) is 13.0. The van der Waals surface area contributed by atoms with Crippen molar-refractivity contribution in [2.24, 2.45) is 5.92 Å². The molecule has 2 N–H and O–H groups in total. The molecule has 0 radical (unpaired) electrons. The van der Waals surface area contributed by atoms with Crippen LogP contribution in [0.3, 0.4) is 0 Å². The number of nitrogens with one attached hydrogen (secondary N) is 1. The maximum absolute atomic E-state index is 12.2. The van der Waals surface area contributed by atoms with E-state index in [1.165, 1.54) is 7.11 Å². The summed E-state index contributed by atoms with van der Waals surface area (Å²) in [5.74, 6) is -1.46. The van der Waals surface area contributed by atoms with Gasteiger partial charge in [0.1, 0.15) is 5.75 Å². The van der Waals surface area contributed by atoms with Crippen LogP contribution in [0.15, 0.2) is 24.3 Å². The molecule has 148 valence electrons. The third-order valence-electron chi connectivity index (χ3n) is 4.81. The van der Waals surface area contributed by atoms with Crippen LogP contribution >= 0.6 is 0 Å². The van der Waals surface area contributed by atoms with Gasteiger partial charge in [0.05, 0.1) is 19.6 Å². The molecule has 0 aromatic heterocycles. The van der Waals surface area contributed by atoms with Crippen LogP contribution in [0.1, 0.15) is 37.7 Å². The van der Waals surface area contributed by atoms with Crippen LogP contribution in [0.2, 0.25) is 0 Å². The second-order valence-electron chi connectivity index (χ2n) is 6.83. The minimum absolute atomic E-state index is 0.00587. The average molecular weight is 376 g/mol. The van der Waals surface area contributed by atoms with Crippen LogP contribution in [-0.4, -0.2) is 54.5 Å². The van der Waals surface area contributed by atoms with Gasteiger partial charge in [-0.2, -0.15) is 0 Å². The number of rotatable bonds is 8. The predicted molar refractivity (Wildman–Crippen MR) is 100 cm³/mol. The van der Waals surface area contributed by atoms with Crippen molar-refractivity contribution >= 4 is 17.8 Å². The summed E-state index contributed by atoms with van der Waals surface area (Å²) in [5.41, 5.74) is 0.778. The Bertz CT molecular complexity index is 662. The number of hydrogen-bond acceptors (Lipinski definition) is 4. The quantitative estimate of drug-likeness (QED) is 0.722. The number of nitrogens with zero attached hydrogens (tertiary/aromatic N) is 1. The van der Waals surface area contributed by atoms with Crippen molar-refractivity contribution in [3.63, 3.8) is 0 Å². The number of hydrogen-bond donors (Lipinski definition) is 2. The van der Waals surface area contributed by atoms with E-state index in [1.54, 1.807) is 11.0 Å². The summed E-state index contributed by atoms with van der Waals surface area (Å²) in [4.78, 5) is 37.5. The molecule has 1 aromatic rings. The third kappa shape index (κ3) is 6.58. The molecule has 2 rings (SSSR count). The average Bonchev–Trinajstić information content (AvgIpc) is 2.65. The van der Waals surface area contributed by atoms with E-state index >= 15 is 0 Å². The molecule has 7 heteroatoms. The number of para-hydroxylation sites is 1. The molecule has 1 aliphatic rings. The monoisotopic (exact) mass is 376 g/mol. The van der Waals surface area contributed by atoms with E-state index in [0.29, 0.717) is 18.7 Å². The van der Waals surface area contributed by atoms with Gasteiger partial charge in [0.15, 0.2) is 0 Å². The lowest BCUT2D eigenvalue weighted by molar-refractivity contribution is -0.142. The summed E-state index contributed by atoms with van der Waals surface area (Å²) in [7, 11) is 1.54. The van der Waals surface area contributed by atoms with E-state index in [4.69, 9.17) is 4.74 Å². The molecule has 1 atom stereocenters. The lowest BCUT2D eigenvalue weighted by Crippen LogP contribution is -2.43. The van der Waals surface area contributed by atoms with Crippen molar-refractivity contribution in [1.82, 2.24) is 10.2 Å². The number of amides is 2. The number of ether oxygens (including phenoxy) is 1. The zero-order valence-corrected chi connectivity index (χ0v) is 15.8. The minimum Gasteiger partial charge on any atom is -0.496 e. The minimum atomic E-state index is -0.983. The number of carboxylic acid groups (broad SMARTS) is 1. The van der Waals surface area contributed by atoms with Gasteiger partial charge in [-0.05, 0) is 30.9 Å². The molecule has 0 aliphatic carbocycles. The highest BCUT2D eigenvalue weighted by molar-refractivity contribution is 5.85. The molecule has 1 aromatic carbocycles. The maximum atomic E-state index is 12.2. The van der Waals surface area contributed by atoms with Crippen molar-refractivity contribution in [1.29, 1.82) is 0 Å². The highest BCUT2D eigenvalue weighted by atomic mass is 16.5. The Morgan fingerprint density at radius 3 is 2.70 bits per heavy atom. The molecule has 0 spiro atoms. The van der Waals surface area contributed by atoms with E-state index in [1.807, 2.05) is 18.2 Å². The lowest BCUT2D eigenvalue weighted by Gasteiger charge is -2.24. The molecule has 1 heterocycles. The van der Waals surface area contributed by atoms with E-state index in [9.17, 15) is 19.5 Å². The van der Waals surface area contributed by atoms with Crippen molar-refractivity contribution in [2.45, 2.75) is 38.5 Å². The molecular weight excluding hydrogens is 348 g/mol. The highest BCUT2D eigenvalue weighted by Gasteiger charge is 2.22. The summed E-state index contributed by atoms with van der Waals surface area (Å²) in [6.07, 6.45) is 4.59. The number of carbonyl (C=O) groups excluding carboxylic acids is 2. The second kappa shape index (κ2) is 10.5. The fraction of sp³-hybridized carbons (Fsp3) is 0.550. The van der Waals surface area contributed by atoms with Gasteiger partial charge in [-0.25, -0.2) is 0 Å². The number of carboxylic acids is 1. The molecule has 27 heavy (non-hydrogen) atoms. The smallest absolute Gasteiger partial charge is 0.308 e. The van der Waals surface area contributed by atoms with Crippen LogP contribution in [0.25, 0.3) is 0 Å². The van der Waals surface area contributed by atoms with Crippen molar-refractivity contribution in [2.75, 3.05) is 26.7 Å². The van der Waals surface area contributed by atoms with Crippen LogP contribution in [-0.2, 0) is 20.8 Å². The van der Waals surface area contributed by atoms with E-state index < -0.39 is 11.9 Å². The van der Waals surface area contributed by atoms with Crippen LogP contribution < -0.4 is 10.1 Å². The first-order valence-electron chi connectivity index (χ1n) is 9.40. The van der Waals surface area contributed by atoms with Crippen molar-refractivity contribution in [3.8, 4) is 5.75 Å². The fourth-order valence-electron chi connectivity index (χ4n) is 3.23. The van der Waals surface area contributed by atoms with Gasteiger partial charge in [0.25, 0.3) is 0 Å². The Morgan fingerprint density at radius 2 is 1.96 bits per heavy atom. The van der Waals surface area contributed by atoms with Crippen molar-refractivity contribution < 1.29 is 24.2 Å². The summed E-state index contributed by atoms with van der Waals surface area (Å²) in [5, 5.41) is 12.2. The van der Waals surface area contributed by atoms with Gasteiger partial charge in [-0.15, -0.1) is 0 Å². The van der Waals surface area contributed by atoms with Gasteiger partial charge < -0.3 is 20.1 Å². The number of benzene rings is 1. The topological polar surface area (TPSA) is 95.9 Å². The van der Waals surface area contributed by atoms with Gasteiger partial charge >= 0.3 is 5.97 Å². The number of carbonyl (C=O) groups is 3. The normalized spacial score (nSPS) is 16.2. The zero-order chi connectivity index (χ0) is 19.6. The first kappa shape index (κ1) is 20.7. The molecule has 2 amide bonds. The van der Waals surface area contributed by atoms with Crippen LogP contribution in [0.5, 0.6) is 5.75 Å². The molecule has 1 unspecified atom stereocenters. The van der Waals surface area contributed by atoms with Gasteiger partial charge in [0.2, 0.25) is 11.8 Å². The van der Waals surface area contributed by atoms with Crippen LogP contribution in [0.4, 0.5) is 0 Å². The highest BCUT2D eigenvalue weighted by Crippen LogP contribution is 2.21.